The van der Waals surface area contributed by atoms with E-state index in [4.69, 9.17) is 20.2 Å². The van der Waals surface area contributed by atoms with Crippen LogP contribution in [-0.2, 0) is 18.3 Å². The molecule has 3 atom stereocenters. The number of terminal acetylenes is 1. The minimum absolute atomic E-state index is 0.120. The number of rotatable bonds is 4. The van der Waals surface area contributed by atoms with E-state index in [1.807, 2.05) is 6.92 Å². The summed E-state index contributed by atoms with van der Waals surface area (Å²) < 4.78 is 27.0. The maximum absolute atomic E-state index is 11.5. The molecule has 0 bridgehead atoms. The molecule has 5 heteroatoms. The van der Waals surface area contributed by atoms with Crippen LogP contribution in [0.5, 0.6) is 0 Å². The SMILES string of the molecule is C#C[C@@]1(COP(C)(=O)OC)CCC(C)O1. The highest BCUT2D eigenvalue weighted by Crippen LogP contribution is 2.44. The van der Waals surface area contributed by atoms with Gasteiger partial charge in [0.25, 0.3) is 0 Å². The first-order chi connectivity index (χ1) is 6.93. The minimum atomic E-state index is -2.98. The van der Waals surface area contributed by atoms with Crippen molar-refractivity contribution in [3.05, 3.63) is 0 Å². The Balaban J connectivity index is 2.57. The van der Waals surface area contributed by atoms with E-state index in [9.17, 15) is 4.57 Å². The van der Waals surface area contributed by atoms with Crippen LogP contribution in [-0.4, -0.2) is 32.1 Å². The standard InChI is InChI=1S/C10H17O4P/c1-5-10(7-6-9(2)14-10)8-13-15(4,11)12-3/h1,9H,6-8H2,2-4H3/t9?,10-,15?/m0/s1. The Bertz CT molecular complexity index is 309. The third-order valence-electron chi connectivity index (χ3n) is 2.51. The van der Waals surface area contributed by atoms with Gasteiger partial charge in [0.05, 0.1) is 12.7 Å². The normalized spacial score (nSPS) is 34.7. The van der Waals surface area contributed by atoms with Crippen molar-refractivity contribution in [1.82, 2.24) is 0 Å². The second-order valence-corrected chi connectivity index (χ2v) is 6.00. The lowest BCUT2D eigenvalue weighted by Gasteiger charge is -2.24. The van der Waals surface area contributed by atoms with E-state index in [-0.39, 0.29) is 12.7 Å². The van der Waals surface area contributed by atoms with Gasteiger partial charge in [0, 0.05) is 13.8 Å². The van der Waals surface area contributed by atoms with Gasteiger partial charge < -0.3 is 13.8 Å². The van der Waals surface area contributed by atoms with Gasteiger partial charge >= 0.3 is 7.60 Å². The van der Waals surface area contributed by atoms with Gasteiger partial charge in [0.1, 0.15) is 0 Å². The van der Waals surface area contributed by atoms with E-state index < -0.39 is 13.2 Å². The summed E-state index contributed by atoms with van der Waals surface area (Å²) in [6.45, 7) is 3.49. The molecule has 0 aromatic rings. The summed E-state index contributed by atoms with van der Waals surface area (Å²) >= 11 is 0. The van der Waals surface area contributed by atoms with Gasteiger partial charge in [0.2, 0.25) is 0 Å². The molecule has 86 valence electrons. The predicted molar refractivity (Wildman–Crippen MR) is 57.8 cm³/mol. The maximum Gasteiger partial charge on any atom is 0.327 e. The highest BCUT2D eigenvalue weighted by molar-refractivity contribution is 7.52. The fourth-order valence-corrected chi connectivity index (χ4v) is 2.02. The summed E-state index contributed by atoms with van der Waals surface area (Å²) in [6, 6.07) is 0. The van der Waals surface area contributed by atoms with Gasteiger partial charge in [-0.3, -0.25) is 4.57 Å². The molecule has 15 heavy (non-hydrogen) atoms. The Labute approximate surface area is 90.8 Å². The van der Waals surface area contributed by atoms with Crippen LogP contribution in [0.4, 0.5) is 0 Å². The molecular weight excluding hydrogens is 215 g/mol. The van der Waals surface area contributed by atoms with Crippen LogP contribution in [0, 0.1) is 12.3 Å². The number of ether oxygens (including phenoxy) is 1. The van der Waals surface area contributed by atoms with E-state index in [0.717, 1.165) is 12.8 Å². The predicted octanol–water partition coefficient (Wildman–Crippen LogP) is 2.04. The summed E-state index contributed by atoms with van der Waals surface area (Å²) in [7, 11) is -1.63. The van der Waals surface area contributed by atoms with Crippen LogP contribution in [0.1, 0.15) is 19.8 Å². The van der Waals surface area contributed by atoms with Crippen molar-refractivity contribution in [1.29, 1.82) is 0 Å². The van der Waals surface area contributed by atoms with Gasteiger partial charge in [0.15, 0.2) is 5.60 Å². The molecule has 2 unspecified atom stereocenters. The van der Waals surface area contributed by atoms with Crippen LogP contribution in [0.3, 0.4) is 0 Å². The lowest BCUT2D eigenvalue weighted by Crippen LogP contribution is -2.32. The zero-order chi connectivity index (χ0) is 11.5. The van der Waals surface area contributed by atoms with Gasteiger partial charge in [-0.2, -0.15) is 0 Å². The van der Waals surface area contributed by atoms with Crippen molar-refractivity contribution < 1.29 is 18.3 Å². The maximum atomic E-state index is 11.5. The van der Waals surface area contributed by atoms with E-state index in [1.165, 1.54) is 13.8 Å². The smallest absolute Gasteiger partial charge is 0.327 e. The van der Waals surface area contributed by atoms with Crippen LogP contribution < -0.4 is 0 Å². The van der Waals surface area contributed by atoms with Gasteiger partial charge in [-0.25, -0.2) is 0 Å². The molecule has 0 aromatic heterocycles. The zero-order valence-electron chi connectivity index (χ0n) is 9.36. The third-order valence-corrected chi connectivity index (χ3v) is 3.77. The summed E-state index contributed by atoms with van der Waals surface area (Å²) in [4.78, 5) is 0. The Kier molecular flexibility index (Phi) is 3.97. The number of hydrogen-bond donors (Lipinski definition) is 0. The lowest BCUT2D eigenvalue weighted by molar-refractivity contribution is -0.0233. The molecule has 1 saturated heterocycles. The topological polar surface area (TPSA) is 44.8 Å². The molecule has 0 aromatic carbocycles. The first-order valence-corrected chi connectivity index (χ1v) is 6.85. The van der Waals surface area contributed by atoms with Crippen LogP contribution in [0.25, 0.3) is 0 Å². The third kappa shape index (κ3) is 3.32. The molecule has 0 spiro atoms. The van der Waals surface area contributed by atoms with Gasteiger partial charge in [-0.15, -0.1) is 6.42 Å². The van der Waals surface area contributed by atoms with E-state index in [0.29, 0.717) is 0 Å². The quantitative estimate of drug-likeness (QED) is 0.549. The van der Waals surface area contributed by atoms with Crippen molar-refractivity contribution in [3.8, 4) is 12.3 Å². The monoisotopic (exact) mass is 232 g/mol. The molecule has 0 saturated carbocycles. The largest absolute Gasteiger partial charge is 0.357 e. The fourth-order valence-electron chi connectivity index (χ4n) is 1.47. The molecule has 1 aliphatic heterocycles. The van der Waals surface area contributed by atoms with E-state index >= 15 is 0 Å². The van der Waals surface area contributed by atoms with Crippen molar-refractivity contribution in [3.63, 3.8) is 0 Å². The second-order valence-electron chi connectivity index (χ2n) is 3.83. The summed E-state index contributed by atoms with van der Waals surface area (Å²) in [5.41, 5.74) is -0.733. The average molecular weight is 232 g/mol. The average Bonchev–Trinajstić information content (AvgIpc) is 2.59. The lowest BCUT2D eigenvalue weighted by atomic mass is 10.0. The van der Waals surface area contributed by atoms with Crippen molar-refractivity contribution in [2.45, 2.75) is 31.5 Å². The van der Waals surface area contributed by atoms with Crippen molar-refractivity contribution in [2.75, 3.05) is 20.4 Å². The zero-order valence-corrected chi connectivity index (χ0v) is 10.3. The first kappa shape index (κ1) is 12.7. The Morgan fingerprint density at radius 1 is 1.73 bits per heavy atom. The van der Waals surface area contributed by atoms with Crippen molar-refractivity contribution in [2.24, 2.45) is 0 Å². The highest BCUT2D eigenvalue weighted by Gasteiger charge is 2.38. The Morgan fingerprint density at radius 3 is 2.80 bits per heavy atom. The first-order valence-electron chi connectivity index (χ1n) is 4.86. The molecule has 1 fully saturated rings. The Hall–Kier alpha value is -0.330. The van der Waals surface area contributed by atoms with E-state index in [2.05, 4.69) is 5.92 Å². The number of hydrogen-bond acceptors (Lipinski definition) is 4. The van der Waals surface area contributed by atoms with Crippen LogP contribution in [0.2, 0.25) is 0 Å². The second kappa shape index (κ2) is 4.67. The van der Waals surface area contributed by atoms with Crippen molar-refractivity contribution >= 4 is 7.60 Å². The van der Waals surface area contributed by atoms with Gasteiger partial charge in [-0.05, 0) is 19.8 Å². The fraction of sp³-hybridized carbons (Fsp3) is 0.800. The summed E-state index contributed by atoms with van der Waals surface area (Å²) in [5.74, 6) is 2.58. The minimum Gasteiger partial charge on any atom is -0.357 e. The molecule has 1 rings (SSSR count). The highest BCUT2D eigenvalue weighted by atomic mass is 31.2. The summed E-state index contributed by atoms with van der Waals surface area (Å²) in [5, 5.41) is 0. The van der Waals surface area contributed by atoms with Gasteiger partial charge in [-0.1, -0.05) is 5.92 Å². The molecule has 1 aliphatic rings. The summed E-state index contributed by atoms with van der Waals surface area (Å²) in [6.07, 6.45) is 7.17. The molecule has 0 amide bonds. The van der Waals surface area contributed by atoms with Crippen LogP contribution >= 0.6 is 7.60 Å². The molecular formula is C10H17O4P. The van der Waals surface area contributed by atoms with E-state index in [1.54, 1.807) is 0 Å². The molecule has 4 nitrogen and oxygen atoms in total. The van der Waals surface area contributed by atoms with Crippen LogP contribution in [0.15, 0.2) is 0 Å². The molecule has 0 aliphatic carbocycles. The molecule has 1 heterocycles. The molecule has 0 N–H and O–H groups in total. The Morgan fingerprint density at radius 2 is 2.40 bits per heavy atom. The molecule has 0 radical (unpaired) electrons.